The van der Waals surface area contributed by atoms with E-state index >= 15 is 0 Å². The van der Waals surface area contributed by atoms with Gasteiger partial charge in [0.1, 0.15) is 5.65 Å². The van der Waals surface area contributed by atoms with Crippen molar-refractivity contribution in [1.29, 1.82) is 0 Å². The maximum atomic E-state index is 11.9. The van der Waals surface area contributed by atoms with Crippen LogP contribution in [0.3, 0.4) is 0 Å². The Bertz CT molecular complexity index is 962. The first-order valence-electron chi connectivity index (χ1n) is 7.31. The van der Waals surface area contributed by atoms with Crippen LogP contribution in [0.1, 0.15) is 16.1 Å². The lowest BCUT2D eigenvalue weighted by molar-refractivity contribution is -0.136. The van der Waals surface area contributed by atoms with Crippen molar-refractivity contribution in [3.05, 3.63) is 76.2 Å². The van der Waals surface area contributed by atoms with Crippen molar-refractivity contribution in [3.8, 4) is 0 Å². The third-order valence-corrected chi connectivity index (χ3v) is 3.94. The molecule has 0 unspecified atom stereocenters. The summed E-state index contributed by atoms with van der Waals surface area (Å²) >= 11 is 11.8. The third-order valence-electron chi connectivity index (χ3n) is 3.41. The van der Waals surface area contributed by atoms with Crippen LogP contribution in [-0.2, 0) is 9.53 Å². The Kier molecular flexibility index (Phi) is 5.16. The fourth-order valence-corrected chi connectivity index (χ4v) is 2.55. The standard InChI is InChI=1S/C18H12Cl2N2O3/c19-13-6-4-12(5-7-13)15(23)11-25-17(24)9-8-14-18(20)21-16-3-1-2-10-22(14)16/h1-10H,11H2/b9-8+. The Morgan fingerprint density at radius 3 is 2.64 bits per heavy atom. The van der Waals surface area contributed by atoms with Gasteiger partial charge in [-0.15, -0.1) is 0 Å². The van der Waals surface area contributed by atoms with Crippen molar-refractivity contribution in [1.82, 2.24) is 9.38 Å². The Morgan fingerprint density at radius 2 is 1.88 bits per heavy atom. The van der Waals surface area contributed by atoms with Crippen LogP contribution in [-0.4, -0.2) is 27.7 Å². The number of rotatable bonds is 5. The minimum Gasteiger partial charge on any atom is -0.454 e. The lowest BCUT2D eigenvalue weighted by atomic mass is 10.1. The lowest BCUT2D eigenvalue weighted by Gasteiger charge is -2.02. The summed E-state index contributed by atoms with van der Waals surface area (Å²) in [6.07, 6.45) is 4.48. The summed E-state index contributed by atoms with van der Waals surface area (Å²) < 4.78 is 6.70. The maximum Gasteiger partial charge on any atom is 0.331 e. The van der Waals surface area contributed by atoms with Crippen molar-refractivity contribution < 1.29 is 14.3 Å². The highest BCUT2D eigenvalue weighted by Crippen LogP contribution is 2.18. The van der Waals surface area contributed by atoms with Crippen molar-refractivity contribution in [2.24, 2.45) is 0 Å². The van der Waals surface area contributed by atoms with E-state index in [4.69, 9.17) is 27.9 Å². The number of esters is 1. The molecule has 0 amide bonds. The van der Waals surface area contributed by atoms with E-state index in [1.807, 2.05) is 12.1 Å². The van der Waals surface area contributed by atoms with Gasteiger partial charge in [-0.25, -0.2) is 9.78 Å². The number of halogens is 2. The average Bonchev–Trinajstić information content (AvgIpc) is 2.93. The molecule has 3 aromatic rings. The molecule has 1 aromatic carbocycles. The largest absolute Gasteiger partial charge is 0.454 e. The number of hydrogen-bond donors (Lipinski definition) is 0. The Hall–Kier alpha value is -2.63. The summed E-state index contributed by atoms with van der Waals surface area (Å²) in [5.74, 6) is -0.962. The molecule has 3 rings (SSSR count). The molecule has 126 valence electrons. The van der Waals surface area contributed by atoms with Crippen LogP contribution in [0, 0.1) is 0 Å². The number of carbonyl (C=O) groups excluding carboxylic acids is 2. The number of aromatic nitrogens is 2. The van der Waals surface area contributed by atoms with E-state index in [-0.39, 0.29) is 17.5 Å². The molecule has 7 heteroatoms. The first-order chi connectivity index (χ1) is 12.0. The molecule has 0 spiro atoms. The number of pyridine rings is 1. The summed E-state index contributed by atoms with van der Waals surface area (Å²) in [7, 11) is 0. The molecule has 0 aliphatic heterocycles. The highest BCUT2D eigenvalue weighted by molar-refractivity contribution is 6.31. The molecule has 0 bridgehead atoms. The number of ether oxygens (including phenoxy) is 1. The predicted octanol–water partition coefficient (Wildman–Crippen LogP) is 4.08. The number of benzene rings is 1. The third kappa shape index (κ3) is 4.07. The summed E-state index contributed by atoms with van der Waals surface area (Å²) in [6.45, 7) is -0.355. The van der Waals surface area contributed by atoms with Crippen LogP contribution in [0.4, 0.5) is 0 Å². The molecule has 2 heterocycles. The second-order valence-electron chi connectivity index (χ2n) is 5.09. The van der Waals surface area contributed by atoms with Gasteiger partial charge in [0.2, 0.25) is 0 Å². The van der Waals surface area contributed by atoms with E-state index in [1.165, 1.54) is 12.2 Å². The summed E-state index contributed by atoms with van der Waals surface area (Å²) in [6, 6.07) is 11.8. The van der Waals surface area contributed by atoms with E-state index in [2.05, 4.69) is 4.98 Å². The van der Waals surface area contributed by atoms with Gasteiger partial charge in [-0.3, -0.25) is 9.20 Å². The molecule has 0 radical (unpaired) electrons. The molecular weight excluding hydrogens is 363 g/mol. The van der Waals surface area contributed by atoms with E-state index in [1.54, 1.807) is 40.9 Å². The molecule has 0 saturated heterocycles. The minimum absolute atomic E-state index is 0.271. The normalized spacial score (nSPS) is 11.1. The van der Waals surface area contributed by atoms with E-state index < -0.39 is 5.97 Å². The smallest absolute Gasteiger partial charge is 0.331 e. The van der Waals surface area contributed by atoms with Gasteiger partial charge >= 0.3 is 5.97 Å². The second-order valence-corrected chi connectivity index (χ2v) is 5.88. The highest BCUT2D eigenvalue weighted by Gasteiger charge is 2.10. The molecular formula is C18H12Cl2N2O3. The molecule has 0 atom stereocenters. The Balaban J connectivity index is 1.64. The lowest BCUT2D eigenvalue weighted by Crippen LogP contribution is -2.12. The SMILES string of the molecule is O=C(/C=C/c1c(Cl)nc2ccccn12)OCC(=O)c1ccc(Cl)cc1. The number of fused-ring (bicyclic) bond motifs is 1. The fourth-order valence-electron chi connectivity index (χ4n) is 2.19. The number of nitrogens with zero attached hydrogens (tertiary/aromatic N) is 2. The van der Waals surface area contributed by atoms with Crippen molar-refractivity contribution >= 4 is 46.7 Å². The van der Waals surface area contributed by atoms with Crippen LogP contribution < -0.4 is 0 Å². The number of imidazole rings is 1. The Labute approximate surface area is 153 Å². The topological polar surface area (TPSA) is 60.7 Å². The summed E-state index contributed by atoms with van der Waals surface area (Å²) in [4.78, 5) is 27.9. The molecule has 0 saturated carbocycles. The number of ketones is 1. The van der Waals surface area contributed by atoms with Crippen LogP contribution in [0.2, 0.25) is 10.2 Å². The van der Waals surface area contributed by atoms with Gasteiger partial charge in [-0.2, -0.15) is 0 Å². The molecule has 0 aliphatic carbocycles. The van der Waals surface area contributed by atoms with Crippen molar-refractivity contribution in [2.45, 2.75) is 0 Å². The zero-order chi connectivity index (χ0) is 17.8. The average molecular weight is 375 g/mol. The van der Waals surface area contributed by atoms with Crippen molar-refractivity contribution in [3.63, 3.8) is 0 Å². The van der Waals surface area contributed by atoms with E-state index in [9.17, 15) is 9.59 Å². The number of Topliss-reactive ketones (excluding diaryl/α,β-unsaturated/α-hetero) is 1. The van der Waals surface area contributed by atoms with Crippen LogP contribution >= 0.6 is 23.2 Å². The van der Waals surface area contributed by atoms with Gasteiger partial charge in [0.05, 0.1) is 5.69 Å². The predicted molar refractivity (Wildman–Crippen MR) is 96.0 cm³/mol. The molecule has 0 N–H and O–H groups in total. The van der Waals surface area contributed by atoms with E-state index in [0.717, 1.165) is 0 Å². The van der Waals surface area contributed by atoms with Gasteiger partial charge in [0.15, 0.2) is 17.5 Å². The van der Waals surface area contributed by atoms with Gasteiger partial charge in [0, 0.05) is 22.9 Å². The first kappa shape index (κ1) is 17.2. The first-order valence-corrected chi connectivity index (χ1v) is 8.06. The molecule has 2 aromatic heterocycles. The zero-order valence-corrected chi connectivity index (χ0v) is 14.4. The maximum absolute atomic E-state index is 11.9. The summed E-state index contributed by atoms with van der Waals surface area (Å²) in [5.41, 5.74) is 1.64. The molecule has 0 aliphatic rings. The molecule has 5 nitrogen and oxygen atoms in total. The fraction of sp³-hybridized carbons (Fsp3) is 0.0556. The number of carbonyl (C=O) groups is 2. The molecule has 0 fully saturated rings. The van der Waals surface area contributed by atoms with Gasteiger partial charge < -0.3 is 4.74 Å². The van der Waals surface area contributed by atoms with Gasteiger partial charge in [0.25, 0.3) is 0 Å². The van der Waals surface area contributed by atoms with Gasteiger partial charge in [-0.1, -0.05) is 29.3 Å². The van der Waals surface area contributed by atoms with Gasteiger partial charge in [-0.05, 0) is 42.5 Å². The van der Waals surface area contributed by atoms with Crippen LogP contribution in [0.5, 0.6) is 0 Å². The second kappa shape index (κ2) is 7.51. The highest BCUT2D eigenvalue weighted by atomic mass is 35.5. The van der Waals surface area contributed by atoms with Crippen molar-refractivity contribution in [2.75, 3.05) is 6.61 Å². The Morgan fingerprint density at radius 1 is 1.12 bits per heavy atom. The monoisotopic (exact) mass is 374 g/mol. The minimum atomic E-state index is -0.649. The summed E-state index contributed by atoms with van der Waals surface area (Å²) in [5, 5.41) is 0.800. The van der Waals surface area contributed by atoms with Crippen LogP contribution in [0.15, 0.2) is 54.7 Å². The van der Waals surface area contributed by atoms with E-state index in [0.29, 0.717) is 21.9 Å². The van der Waals surface area contributed by atoms with Crippen LogP contribution in [0.25, 0.3) is 11.7 Å². The number of hydrogen-bond acceptors (Lipinski definition) is 4. The molecule has 25 heavy (non-hydrogen) atoms. The zero-order valence-electron chi connectivity index (χ0n) is 12.9. The quantitative estimate of drug-likeness (QED) is 0.383.